The Balaban J connectivity index is 2.77. The predicted octanol–water partition coefficient (Wildman–Crippen LogP) is 2.85. The van der Waals surface area contributed by atoms with E-state index in [4.69, 9.17) is 0 Å². The first kappa shape index (κ1) is 9.78. The molecule has 0 aromatic carbocycles. The van der Waals surface area contributed by atoms with Crippen LogP contribution in [0.2, 0.25) is 0 Å². The van der Waals surface area contributed by atoms with Crippen LogP contribution in [-0.2, 0) is 0 Å². The summed E-state index contributed by atoms with van der Waals surface area (Å²) in [5, 5.41) is 3.24. The average Bonchev–Trinajstić information content (AvgIpc) is 2.15. The second kappa shape index (κ2) is 4.65. The third-order valence-corrected chi connectivity index (χ3v) is 1.90. The molecular weight excluding hydrogens is 160 g/mol. The minimum atomic E-state index is 0.949. The summed E-state index contributed by atoms with van der Waals surface area (Å²) in [6, 6.07) is 4.02. The summed E-state index contributed by atoms with van der Waals surface area (Å²) >= 11 is 0. The maximum Gasteiger partial charge on any atom is 0.126 e. The zero-order chi connectivity index (χ0) is 9.68. The number of anilines is 1. The molecule has 0 aliphatic carbocycles. The summed E-state index contributed by atoms with van der Waals surface area (Å²) < 4.78 is 0. The Morgan fingerprint density at radius 3 is 2.85 bits per heavy atom. The molecule has 13 heavy (non-hydrogen) atoms. The third kappa shape index (κ3) is 2.58. The van der Waals surface area contributed by atoms with E-state index in [0.717, 1.165) is 30.0 Å². The summed E-state index contributed by atoms with van der Waals surface area (Å²) in [4.78, 5) is 4.40. The summed E-state index contributed by atoms with van der Waals surface area (Å²) in [6.45, 7) is 8.83. The number of nitrogens with one attached hydrogen (secondary N) is 1. The Hall–Kier alpha value is -1.31. The van der Waals surface area contributed by atoms with Crippen molar-refractivity contribution in [1.82, 2.24) is 4.98 Å². The third-order valence-electron chi connectivity index (χ3n) is 1.90. The largest absolute Gasteiger partial charge is 0.370 e. The van der Waals surface area contributed by atoms with Crippen molar-refractivity contribution in [3.63, 3.8) is 0 Å². The molecule has 0 aliphatic heterocycles. The van der Waals surface area contributed by atoms with E-state index < -0.39 is 0 Å². The predicted molar refractivity (Wildman–Crippen MR) is 57.8 cm³/mol. The first-order valence-electron chi connectivity index (χ1n) is 4.62. The Morgan fingerprint density at radius 2 is 2.31 bits per heavy atom. The SMILES string of the molecule is C=Cc1ccc(NCCC)nc1C. The van der Waals surface area contributed by atoms with Crippen LogP contribution in [0.1, 0.15) is 24.6 Å². The maximum absolute atomic E-state index is 4.40. The van der Waals surface area contributed by atoms with Gasteiger partial charge in [-0.15, -0.1) is 0 Å². The van der Waals surface area contributed by atoms with Gasteiger partial charge < -0.3 is 5.32 Å². The smallest absolute Gasteiger partial charge is 0.126 e. The van der Waals surface area contributed by atoms with Gasteiger partial charge in [0.25, 0.3) is 0 Å². The van der Waals surface area contributed by atoms with E-state index in [-0.39, 0.29) is 0 Å². The number of hydrogen-bond donors (Lipinski definition) is 1. The zero-order valence-corrected chi connectivity index (χ0v) is 8.30. The fraction of sp³-hybridized carbons (Fsp3) is 0.364. The number of pyridine rings is 1. The monoisotopic (exact) mass is 176 g/mol. The van der Waals surface area contributed by atoms with Crippen LogP contribution < -0.4 is 5.32 Å². The highest BCUT2D eigenvalue weighted by Gasteiger charge is 1.96. The minimum Gasteiger partial charge on any atom is -0.370 e. The van der Waals surface area contributed by atoms with Crippen molar-refractivity contribution >= 4 is 11.9 Å². The molecule has 1 heterocycles. The molecule has 1 aromatic heterocycles. The van der Waals surface area contributed by atoms with Crippen molar-refractivity contribution in [2.24, 2.45) is 0 Å². The van der Waals surface area contributed by atoms with Crippen LogP contribution in [-0.4, -0.2) is 11.5 Å². The van der Waals surface area contributed by atoms with Gasteiger partial charge in [-0.05, 0) is 31.0 Å². The van der Waals surface area contributed by atoms with Gasteiger partial charge in [-0.2, -0.15) is 0 Å². The van der Waals surface area contributed by atoms with Gasteiger partial charge in [0, 0.05) is 12.2 Å². The molecule has 0 amide bonds. The van der Waals surface area contributed by atoms with E-state index in [9.17, 15) is 0 Å². The lowest BCUT2D eigenvalue weighted by molar-refractivity contribution is 0.965. The molecule has 1 N–H and O–H groups in total. The molecule has 0 aliphatic rings. The zero-order valence-electron chi connectivity index (χ0n) is 8.30. The quantitative estimate of drug-likeness (QED) is 0.763. The molecule has 0 saturated heterocycles. The molecule has 0 bridgehead atoms. The molecular formula is C11H16N2. The Kier molecular flexibility index (Phi) is 3.50. The lowest BCUT2D eigenvalue weighted by atomic mass is 10.2. The van der Waals surface area contributed by atoms with Crippen LogP contribution in [0.4, 0.5) is 5.82 Å². The molecule has 70 valence electrons. The molecule has 0 spiro atoms. The molecule has 2 heteroatoms. The van der Waals surface area contributed by atoms with Crippen LogP contribution in [0.3, 0.4) is 0 Å². The van der Waals surface area contributed by atoms with E-state index in [0.29, 0.717) is 0 Å². The van der Waals surface area contributed by atoms with E-state index in [1.165, 1.54) is 0 Å². The lowest BCUT2D eigenvalue weighted by Crippen LogP contribution is -2.02. The van der Waals surface area contributed by atoms with Crippen LogP contribution in [0.5, 0.6) is 0 Å². The highest BCUT2D eigenvalue weighted by molar-refractivity contribution is 5.52. The van der Waals surface area contributed by atoms with Crippen molar-refractivity contribution in [2.75, 3.05) is 11.9 Å². The van der Waals surface area contributed by atoms with E-state index in [1.807, 2.05) is 25.1 Å². The van der Waals surface area contributed by atoms with E-state index >= 15 is 0 Å². The second-order valence-electron chi connectivity index (χ2n) is 3.00. The van der Waals surface area contributed by atoms with Crippen molar-refractivity contribution in [3.05, 3.63) is 30.0 Å². The summed E-state index contributed by atoms with van der Waals surface area (Å²) in [7, 11) is 0. The number of nitrogens with zero attached hydrogens (tertiary/aromatic N) is 1. The molecule has 0 atom stereocenters. The minimum absolute atomic E-state index is 0.949. The standard InChI is InChI=1S/C11H16N2/c1-4-8-12-11-7-6-10(5-2)9(3)13-11/h5-7H,2,4,8H2,1,3H3,(H,12,13). The van der Waals surface area contributed by atoms with Crippen molar-refractivity contribution in [3.8, 4) is 0 Å². The molecule has 1 rings (SSSR count). The normalized spacial score (nSPS) is 9.69. The number of aryl methyl sites for hydroxylation is 1. The molecule has 2 nitrogen and oxygen atoms in total. The van der Waals surface area contributed by atoms with Gasteiger partial charge >= 0.3 is 0 Å². The maximum atomic E-state index is 4.40. The van der Waals surface area contributed by atoms with Gasteiger partial charge in [0.1, 0.15) is 5.82 Å². The fourth-order valence-electron chi connectivity index (χ4n) is 1.14. The number of hydrogen-bond acceptors (Lipinski definition) is 2. The van der Waals surface area contributed by atoms with Crippen molar-refractivity contribution in [1.29, 1.82) is 0 Å². The van der Waals surface area contributed by atoms with Gasteiger partial charge in [0.15, 0.2) is 0 Å². The van der Waals surface area contributed by atoms with Gasteiger partial charge in [0.2, 0.25) is 0 Å². The summed E-state index contributed by atoms with van der Waals surface area (Å²) in [5.41, 5.74) is 2.12. The summed E-state index contributed by atoms with van der Waals surface area (Å²) in [6.07, 6.45) is 2.94. The van der Waals surface area contributed by atoms with E-state index in [2.05, 4.69) is 23.8 Å². The molecule has 0 fully saturated rings. The summed E-state index contributed by atoms with van der Waals surface area (Å²) in [5.74, 6) is 0.949. The Labute approximate surface area is 79.7 Å². The molecule has 0 radical (unpaired) electrons. The topological polar surface area (TPSA) is 24.9 Å². The van der Waals surface area contributed by atoms with Gasteiger partial charge in [-0.3, -0.25) is 0 Å². The second-order valence-corrected chi connectivity index (χ2v) is 3.00. The van der Waals surface area contributed by atoms with Crippen LogP contribution >= 0.6 is 0 Å². The van der Waals surface area contributed by atoms with Gasteiger partial charge in [-0.1, -0.05) is 19.6 Å². The van der Waals surface area contributed by atoms with Crippen LogP contribution in [0.25, 0.3) is 6.08 Å². The van der Waals surface area contributed by atoms with E-state index in [1.54, 1.807) is 0 Å². The van der Waals surface area contributed by atoms with Crippen LogP contribution in [0, 0.1) is 6.92 Å². The lowest BCUT2D eigenvalue weighted by Gasteiger charge is -2.05. The van der Waals surface area contributed by atoms with Crippen molar-refractivity contribution in [2.45, 2.75) is 20.3 Å². The molecule has 1 aromatic rings. The van der Waals surface area contributed by atoms with Crippen LogP contribution in [0.15, 0.2) is 18.7 Å². The Bertz CT molecular complexity index is 292. The number of aromatic nitrogens is 1. The average molecular weight is 176 g/mol. The highest BCUT2D eigenvalue weighted by Crippen LogP contribution is 2.11. The Morgan fingerprint density at radius 1 is 1.54 bits per heavy atom. The first-order chi connectivity index (χ1) is 6.27. The first-order valence-corrected chi connectivity index (χ1v) is 4.62. The number of rotatable bonds is 4. The van der Waals surface area contributed by atoms with Gasteiger partial charge in [0.05, 0.1) is 0 Å². The molecule has 0 unspecified atom stereocenters. The van der Waals surface area contributed by atoms with Gasteiger partial charge in [-0.25, -0.2) is 4.98 Å². The molecule has 0 saturated carbocycles. The fourth-order valence-corrected chi connectivity index (χ4v) is 1.14. The van der Waals surface area contributed by atoms with Crippen molar-refractivity contribution < 1.29 is 0 Å². The highest BCUT2D eigenvalue weighted by atomic mass is 15.0.